The maximum absolute atomic E-state index is 12.6. The Morgan fingerprint density at radius 3 is 2.22 bits per heavy atom. The molecule has 0 aliphatic carbocycles. The van der Waals surface area contributed by atoms with Crippen LogP contribution < -0.4 is 13.9 Å². The molecule has 6 aromatic rings. The summed E-state index contributed by atoms with van der Waals surface area (Å²) in [7, 11) is -3.96. The molecule has 0 saturated carbocycles. The van der Waals surface area contributed by atoms with Crippen LogP contribution in [0.1, 0.15) is 29.3 Å². The highest BCUT2D eigenvalue weighted by atomic mass is 35.5. The van der Waals surface area contributed by atoms with E-state index >= 15 is 0 Å². The van der Waals surface area contributed by atoms with E-state index in [0.717, 1.165) is 51.9 Å². The highest BCUT2D eigenvalue weighted by Gasteiger charge is 2.34. The lowest BCUT2D eigenvalue weighted by atomic mass is 9.99. The summed E-state index contributed by atoms with van der Waals surface area (Å²) >= 11 is 12.8. The summed E-state index contributed by atoms with van der Waals surface area (Å²) in [5.74, 6) is 0.705. The quantitative estimate of drug-likeness (QED) is 0.170. The van der Waals surface area contributed by atoms with Gasteiger partial charge in [-0.25, -0.2) is 14.0 Å². The molecule has 1 atom stereocenters. The molecule has 2 fully saturated rings. The van der Waals surface area contributed by atoms with E-state index in [4.69, 9.17) is 28.2 Å². The van der Waals surface area contributed by atoms with Crippen molar-refractivity contribution in [3.05, 3.63) is 155 Å². The van der Waals surface area contributed by atoms with Gasteiger partial charge >= 0.3 is 10.2 Å². The highest BCUT2D eigenvalue weighted by Crippen LogP contribution is 2.34. The van der Waals surface area contributed by atoms with Crippen LogP contribution in [0, 0.1) is 0 Å². The normalized spacial score (nSPS) is 16.8. The molecule has 256 valence electrons. The Labute approximate surface area is 307 Å². The molecular weight excluding hydrogens is 701 g/mol. The average Bonchev–Trinajstić information content (AvgIpc) is 3.86. The third-order valence-corrected chi connectivity index (χ3v) is 11.5. The Kier molecular flexibility index (Phi) is 8.79. The number of hydrogen-bond acceptors (Lipinski definition) is 5. The van der Waals surface area contributed by atoms with Crippen molar-refractivity contribution in [2.75, 3.05) is 28.8 Å². The average molecular weight is 735 g/mol. The van der Waals surface area contributed by atoms with Crippen molar-refractivity contribution in [3.8, 4) is 28.1 Å². The van der Waals surface area contributed by atoms with E-state index in [1.807, 2.05) is 27.6 Å². The predicted molar refractivity (Wildman–Crippen MR) is 204 cm³/mol. The molecule has 11 heteroatoms. The van der Waals surface area contributed by atoms with Crippen molar-refractivity contribution < 1.29 is 13.2 Å². The SMILES string of the molecule is O=C1CN(c2cccc(-n3cc(-c4ccc(Cl)cc4Cl)nc3Cc3ccc(-c4ccc(N5CC[C@@H](c6ccccc6)C5)cc4)cc3)c2)S(=O)(=O)N1. The van der Waals surface area contributed by atoms with E-state index in [1.54, 1.807) is 30.3 Å². The molecule has 5 aromatic carbocycles. The Hall–Kier alpha value is -5.09. The molecule has 0 unspecified atom stereocenters. The lowest BCUT2D eigenvalue weighted by Crippen LogP contribution is -2.29. The third kappa shape index (κ3) is 6.85. The van der Waals surface area contributed by atoms with Crippen LogP contribution in [-0.4, -0.2) is 43.5 Å². The van der Waals surface area contributed by atoms with Gasteiger partial charge in [0.1, 0.15) is 12.4 Å². The lowest BCUT2D eigenvalue weighted by molar-refractivity contribution is -0.117. The van der Waals surface area contributed by atoms with Gasteiger partial charge in [-0.1, -0.05) is 96.0 Å². The Balaban J connectivity index is 1.05. The number of anilines is 2. The van der Waals surface area contributed by atoms with Crippen LogP contribution in [0.3, 0.4) is 0 Å². The summed E-state index contributed by atoms with van der Waals surface area (Å²) in [6.45, 7) is 1.79. The van der Waals surface area contributed by atoms with Crippen LogP contribution >= 0.6 is 23.2 Å². The maximum atomic E-state index is 12.6. The first kappa shape index (κ1) is 33.1. The van der Waals surface area contributed by atoms with E-state index in [9.17, 15) is 13.2 Å². The predicted octanol–water partition coefficient (Wildman–Crippen LogP) is 8.28. The summed E-state index contributed by atoms with van der Waals surface area (Å²) in [6, 6.07) is 40.3. The number of halogens is 2. The van der Waals surface area contributed by atoms with Gasteiger partial charge in [-0.05, 0) is 77.2 Å². The number of amides is 1. The maximum Gasteiger partial charge on any atom is 0.326 e. The summed E-state index contributed by atoms with van der Waals surface area (Å²) in [5.41, 5.74) is 8.38. The fourth-order valence-corrected chi connectivity index (χ4v) is 8.57. The zero-order chi connectivity index (χ0) is 35.1. The van der Waals surface area contributed by atoms with E-state index in [0.29, 0.717) is 39.5 Å². The molecule has 0 radical (unpaired) electrons. The topological polar surface area (TPSA) is 87.5 Å². The summed E-state index contributed by atoms with van der Waals surface area (Å²) in [4.78, 5) is 19.4. The largest absolute Gasteiger partial charge is 0.371 e. The van der Waals surface area contributed by atoms with Gasteiger partial charge in [0.25, 0.3) is 5.91 Å². The minimum absolute atomic E-state index is 0.281. The molecule has 8 nitrogen and oxygen atoms in total. The number of hydrogen-bond donors (Lipinski definition) is 1. The van der Waals surface area contributed by atoms with Crippen molar-refractivity contribution in [2.24, 2.45) is 0 Å². The van der Waals surface area contributed by atoms with E-state index in [2.05, 4.69) is 83.8 Å². The summed E-state index contributed by atoms with van der Waals surface area (Å²) in [5, 5.41) is 0.991. The number of aromatic nitrogens is 2. The first-order valence-corrected chi connectivity index (χ1v) is 18.9. The molecule has 2 saturated heterocycles. The molecule has 8 rings (SSSR count). The minimum Gasteiger partial charge on any atom is -0.371 e. The molecule has 3 heterocycles. The molecule has 2 aliphatic heterocycles. The number of imidazole rings is 1. The van der Waals surface area contributed by atoms with E-state index in [1.165, 1.54) is 11.3 Å². The number of nitrogens with zero attached hydrogens (tertiary/aromatic N) is 4. The summed E-state index contributed by atoms with van der Waals surface area (Å²) < 4.78 is 30.2. The van der Waals surface area contributed by atoms with Crippen LogP contribution in [0.2, 0.25) is 10.0 Å². The molecule has 51 heavy (non-hydrogen) atoms. The molecule has 1 aromatic heterocycles. The smallest absolute Gasteiger partial charge is 0.326 e. The number of rotatable bonds is 8. The second-order valence-electron chi connectivity index (χ2n) is 12.9. The van der Waals surface area contributed by atoms with Gasteiger partial charge in [0.15, 0.2) is 0 Å². The highest BCUT2D eigenvalue weighted by molar-refractivity contribution is 7.92. The number of carbonyl (C=O) groups excluding carboxylic acids is 1. The van der Waals surface area contributed by atoms with Crippen molar-refractivity contribution in [2.45, 2.75) is 18.8 Å². The molecule has 2 aliphatic rings. The van der Waals surface area contributed by atoms with Crippen molar-refractivity contribution in [3.63, 3.8) is 0 Å². The fourth-order valence-electron chi connectivity index (χ4n) is 6.92. The van der Waals surface area contributed by atoms with Crippen LogP contribution in [0.15, 0.2) is 128 Å². The molecule has 0 spiro atoms. The van der Waals surface area contributed by atoms with Crippen LogP contribution in [0.5, 0.6) is 0 Å². The monoisotopic (exact) mass is 733 g/mol. The zero-order valence-corrected chi connectivity index (χ0v) is 29.7. The van der Waals surface area contributed by atoms with Gasteiger partial charge in [0.05, 0.1) is 16.4 Å². The van der Waals surface area contributed by atoms with Crippen molar-refractivity contribution >= 4 is 50.7 Å². The Morgan fingerprint density at radius 1 is 0.784 bits per heavy atom. The van der Waals surface area contributed by atoms with Gasteiger partial charge in [0, 0.05) is 53.6 Å². The van der Waals surface area contributed by atoms with Crippen LogP contribution in [0.25, 0.3) is 28.1 Å². The van der Waals surface area contributed by atoms with Crippen LogP contribution in [-0.2, 0) is 21.4 Å². The van der Waals surface area contributed by atoms with Gasteiger partial charge in [0.2, 0.25) is 0 Å². The Morgan fingerprint density at radius 2 is 1.51 bits per heavy atom. The molecular formula is C40H33Cl2N5O3S. The summed E-state index contributed by atoms with van der Waals surface area (Å²) in [6.07, 6.45) is 3.53. The van der Waals surface area contributed by atoms with Gasteiger partial charge in [-0.3, -0.25) is 4.79 Å². The van der Waals surface area contributed by atoms with Crippen molar-refractivity contribution in [1.29, 1.82) is 0 Å². The second-order valence-corrected chi connectivity index (χ2v) is 15.3. The van der Waals surface area contributed by atoms with E-state index < -0.39 is 16.1 Å². The van der Waals surface area contributed by atoms with Gasteiger partial charge in [-0.2, -0.15) is 8.42 Å². The van der Waals surface area contributed by atoms with Gasteiger partial charge < -0.3 is 9.47 Å². The second kappa shape index (κ2) is 13.6. The third-order valence-electron chi connectivity index (χ3n) is 9.54. The zero-order valence-electron chi connectivity index (χ0n) is 27.4. The van der Waals surface area contributed by atoms with Crippen molar-refractivity contribution in [1.82, 2.24) is 14.3 Å². The number of benzene rings is 5. The van der Waals surface area contributed by atoms with Gasteiger partial charge in [-0.15, -0.1) is 0 Å². The molecule has 1 amide bonds. The first-order chi connectivity index (χ1) is 24.7. The standard InChI is InChI=1S/C40H33Cl2N5O3S/c41-32-15-18-36(37(42)22-32)38-25-46(34-7-4-8-35(23-34)47-26-40(48)44-51(47,49)50)39(43-38)21-27-9-11-29(12-10-27)30-13-16-33(17-14-30)45-20-19-31(24-45)28-5-2-1-3-6-28/h1-18,22-23,25,31H,19-21,24,26H2,(H,44,48)/t31-/m1/s1. The number of carbonyl (C=O) groups is 1. The number of nitrogens with one attached hydrogen (secondary N) is 1. The van der Waals surface area contributed by atoms with Crippen LogP contribution in [0.4, 0.5) is 11.4 Å². The lowest BCUT2D eigenvalue weighted by Gasteiger charge is -2.19. The molecule has 1 N–H and O–H groups in total. The minimum atomic E-state index is -3.96. The first-order valence-electron chi connectivity index (χ1n) is 16.7. The Bertz CT molecular complexity index is 2350. The fraction of sp³-hybridized carbons (Fsp3) is 0.150. The molecule has 0 bridgehead atoms. The van der Waals surface area contributed by atoms with E-state index in [-0.39, 0.29) is 6.54 Å².